The van der Waals surface area contributed by atoms with E-state index in [9.17, 15) is 14.7 Å². The molecule has 1 heterocycles. The number of carbonyl (C=O) groups excluding carboxylic acids is 2. The minimum atomic E-state index is -1.50. The van der Waals surface area contributed by atoms with Crippen molar-refractivity contribution in [3.63, 3.8) is 0 Å². The van der Waals surface area contributed by atoms with Gasteiger partial charge in [-0.2, -0.15) is 0 Å². The molecule has 0 atom stereocenters. The van der Waals surface area contributed by atoms with Crippen LogP contribution in [0.5, 0.6) is 17.2 Å². The van der Waals surface area contributed by atoms with Crippen LogP contribution in [0.25, 0.3) is 6.08 Å². The van der Waals surface area contributed by atoms with Crippen LogP contribution in [0.15, 0.2) is 48.2 Å². The molecule has 1 N–H and O–H groups in total. The van der Waals surface area contributed by atoms with E-state index < -0.39 is 11.9 Å². The Bertz CT molecular complexity index is 841. The van der Waals surface area contributed by atoms with Gasteiger partial charge in [0.05, 0.1) is 18.8 Å². The first-order chi connectivity index (χ1) is 12.1. The van der Waals surface area contributed by atoms with Crippen molar-refractivity contribution < 1.29 is 28.9 Å². The fraction of sp³-hybridized carbons (Fsp3) is 0.111. The van der Waals surface area contributed by atoms with Crippen LogP contribution in [-0.4, -0.2) is 25.8 Å². The molecular formula is C18H14NO6-. The minimum absolute atomic E-state index is 0.115. The van der Waals surface area contributed by atoms with Gasteiger partial charge in [0.25, 0.3) is 5.91 Å². The van der Waals surface area contributed by atoms with E-state index in [2.05, 4.69) is 5.32 Å². The zero-order valence-electron chi connectivity index (χ0n) is 13.3. The zero-order valence-corrected chi connectivity index (χ0v) is 13.3. The zero-order chi connectivity index (χ0) is 17.8. The molecule has 0 spiro atoms. The highest BCUT2D eigenvalue weighted by atomic mass is 16.7. The maximum Gasteiger partial charge on any atom is 0.255 e. The van der Waals surface area contributed by atoms with E-state index in [0.717, 1.165) is 0 Å². The summed E-state index contributed by atoms with van der Waals surface area (Å²) in [6.07, 6.45) is 1.29. The van der Waals surface area contributed by atoms with Crippen molar-refractivity contribution in [1.82, 2.24) is 5.32 Å². The maximum absolute atomic E-state index is 12.2. The largest absolute Gasteiger partial charge is 0.543 e. The number of rotatable bonds is 5. The summed E-state index contributed by atoms with van der Waals surface area (Å²) in [6.45, 7) is 0.115. The van der Waals surface area contributed by atoms with Gasteiger partial charge in [-0.1, -0.05) is 6.07 Å². The van der Waals surface area contributed by atoms with Crippen LogP contribution in [0.1, 0.15) is 15.9 Å². The van der Waals surface area contributed by atoms with Gasteiger partial charge in [-0.3, -0.25) is 4.79 Å². The molecule has 0 bridgehead atoms. The predicted molar refractivity (Wildman–Crippen MR) is 86.0 cm³/mol. The van der Waals surface area contributed by atoms with Gasteiger partial charge in [0.1, 0.15) is 5.75 Å². The Labute approximate surface area is 143 Å². The van der Waals surface area contributed by atoms with Gasteiger partial charge in [0.2, 0.25) is 6.79 Å². The molecule has 2 aromatic carbocycles. The summed E-state index contributed by atoms with van der Waals surface area (Å²) in [5.41, 5.74) is 0.455. The van der Waals surface area contributed by atoms with Crippen molar-refractivity contribution >= 4 is 18.0 Å². The number of methoxy groups -OCH3 is 1. The molecule has 0 radical (unpaired) electrons. The number of benzene rings is 2. The Kier molecular flexibility index (Phi) is 4.56. The van der Waals surface area contributed by atoms with Crippen molar-refractivity contribution in [2.45, 2.75) is 0 Å². The number of nitrogens with one attached hydrogen (secondary N) is 1. The quantitative estimate of drug-likeness (QED) is 0.814. The van der Waals surface area contributed by atoms with Gasteiger partial charge in [-0.05, 0) is 48.0 Å². The molecule has 3 rings (SSSR count). The van der Waals surface area contributed by atoms with E-state index in [1.807, 2.05) is 0 Å². The number of carbonyl (C=O) groups is 2. The number of fused-ring (bicyclic) bond motifs is 1. The average Bonchev–Trinajstić information content (AvgIpc) is 3.08. The smallest absolute Gasteiger partial charge is 0.255 e. The standard InChI is InChI=1S/C18H15NO6/c1-23-13-5-3-12(4-6-13)17(20)19-14(18(21)22)8-11-2-7-15-16(9-11)25-10-24-15/h2-9H,10H2,1H3,(H,19,20)(H,21,22)/p-1/b14-8-. The van der Waals surface area contributed by atoms with Gasteiger partial charge in [-0.15, -0.1) is 0 Å². The van der Waals surface area contributed by atoms with Gasteiger partial charge in [0, 0.05) is 5.56 Å². The van der Waals surface area contributed by atoms with E-state index in [1.165, 1.54) is 25.3 Å². The Hall–Kier alpha value is -3.48. The molecule has 7 nitrogen and oxygen atoms in total. The maximum atomic E-state index is 12.2. The highest BCUT2D eigenvalue weighted by Gasteiger charge is 2.14. The molecule has 0 fully saturated rings. The molecule has 0 saturated carbocycles. The van der Waals surface area contributed by atoms with Crippen LogP contribution in [0, 0.1) is 0 Å². The van der Waals surface area contributed by atoms with E-state index in [-0.39, 0.29) is 12.5 Å². The van der Waals surface area contributed by atoms with Crippen LogP contribution in [0.3, 0.4) is 0 Å². The lowest BCUT2D eigenvalue weighted by atomic mass is 10.1. The van der Waals surface area contributed by atoms with Gasteiger partial charge < -0.3 is 29.4 Å². The summed E-state index contributed by atoms with van der Waals surface area (Å²) < 4.78 is 15.4. The summed E-state index contributed by atoms with van der Waals surface area (Å²) in [5, 5.41) is 13.7. The number of ether oxygens (including phenoxy) is 3. The first-order valence-electron chi connectivity index (χ1n) is 7.35. The Morgan fingerprint density at radius 1 is 1.12 bits per heavy atom. The summed E-state index contributed by atoms with van der Waals surface area (Å²) in [5.74, 6) is -0.395. The Morgan fingerprint density at radius 2 is 1.84 bits per heavy atom. The van der Waals surface area contributed by atoms with Gasteiger partial charge >= 0.3 is 0 Å². The highest BCUT2D eigenvalue weighted by Crippen LogP contribution is 2.33. The lowest BCUT2D eigenvalue weighted by Gasteiger charge is -2.11. The molecule has 0 unspecified atom stereocenters. The number of hydrogen-bond acceptors (Lipinski definition) is 6. The summed E-state index contributed by atoms with van der Waals surface area (Å²) in [7, 11) is 1.51. The second-order valence-electron chi connectivity index (χ2n) is 5.14. The van der Waals surface area contributed by atoms with Crippen LogP contribution < -0.4 is 24.6 Å². The monoisotopic (exact) mass is 340 g/mol. The van der Waals surface area contributed by atoms with E-state index in [1.54, 1.807) is 30.3 Å². The molecule has 128 valence electrons. The molecular weight excluding hydrogens is 326 g/mol. The second-order valence-corrected chi connectivity index (χ2v) is 5.14. The lowest BCUT2D eigenvalue weighted by Crippen LogP contribution is -2.35. The summed E-state index contributed by atoms with van der Waals surface area (Å²) in [4.78, 5) is 23.5. The molecule has 0 saturated heterocycles. The van der Waals surface area contributed by atoms with Crippen LogP contribution in [0.4, 0.5) is 0 Å². The first-order valence-corrected chi connectivity index (χ1v) is 7.35. The average molecular weight is 340 g/mol. The van der Waals surface area contributed by atoms with Crippen LogP contribution in [0.2, 0.25) is 0 Å². The summed E-state index contributed by atoms with van der Waals surface area (Å²) in [6, 6.07) is 11.2. The second kappa shape index (κ2) is 6.96. The van der Waals surface area contributed by atoms with E-state index in [4.69, 9.17) is 14.2 Å². The predicted octanol–water partition coefficient (Wildman–Crippen LogP) is 0.945. The minimum Gasteiger partial charge on any atom is -0.543 e. The Morgan fingerprint density at radius 3 is 2.52 bits per heavy atom. The molecule has 1 aliphatic rings. The molecule has 2 aromatic rings. The molecule has 0 aliphatic carbocycles. The van der Waals surface area contributed by atoms with Crippen molar-refractivity contribution in [3.8, 4) is 17.2 Å². The molecule has 1 amide bonds. The highest BCUT2D eigenvalue weighted by molar-refractivity contribution is 6.02. The van der Waals surface area contributed by atoms with Crippen molar-refractivity contribution in [3.05, 3.63) is 59.3 Å². The van der Waals surface area contributed by atoms with E-state index in [0.29, 0.717) is 28.4 Å². The van der Waals surface area contributed by atoms with Crippen LogP contribution >= 0.6 is 0 Å². The SMILES string of the molecule is COc1ccc(C(=O)N/C(=C\c2ccc3c(c2)OCO3)C(=O)[O-])cc1. The molecule has 0 aromatic heterocycles. The topological polar surface area (TPSA) is 96.9 Å². The number of aliphatic carboxylic acids is 1. The number of carboxylic acid groups (broad SMARTS) is 1. The normalized spacial score (nSPS) is 12.6. The van der Waals surface area contributed by atoms with Gasteiger partial charge in [-0.25, -0.2) is 0 Å². The third-order valence-electron chi connectivity index (χ3n) is 3.53. The summed E-state index contributed by atoms with van der Waals surface area (Å²) >= 11 is 0. The molecule has 1 aliphatic heterocycles. The van der Waals surface area contributed by atoms with Crippen LogP contribution in [-0.2, 0) is 4.79 Å². The van der Waals surface area contributed by atoms with Crippen molar-refractivity contribution in [1.29, 1.82) is 0 Å². The number of carboxylic acids is 1. The number of hydrogen-bond donors (Lipinski definition) is 1. The fourth-order valence-corrected chi connectivity index (χ4v) is 2.25. The molecule has 25 heavy (non-hydrogen) atoms. The first kappa shape index (κ1) is 16.4. The third kappa shape index (κ3) is 3.72. The number of amides is 1. The molecule has 7 heteroatoms. The van der Waals surface area contributed by atoms with Crippen molar-refractivity contribution in [2.24, 2.45) is 0 Å². The van der Waals surface area contributed by atoms with Crippen molar-refractivity contribution in [2.75, 3.05) is 13.9 Å². The fourth-order valence-electron chi connectivity index (χ4n) is 2.25. The Balaban J connectivity index is 1.80. The third-order valence-corrected chi connectivity index (χ3v) is 3.53. The van der Waals surface area contributed by atoms with E-state index >= 15 is 0 Å². The lowest BCUT2D eigenvalue weighted by molar-refractivity contribution is -0.299. The van der Waals surface area contributed by atoms with Gasteiger partial charge in [0.15, 0.2) is 11.5 Å².